The third-order valence-corrected chi connectivity index (χ3v) is 6.43. The van der Waals surface area contributed by atoms with Crippen molar-refractivity contribution in [3.8, 4) is 11.3 Å². The number of ether oxygens (including phenoxy) is 1. The quantitative estimate of drug-likeness (QED) is 0.260. The van der Waals surface area contributed by atoms with E-state index in [0.717, 1.165) is 36.5 Å². The molecule has 3 heterocycles. The van der Waals surface area contributed by atoms with Crippen LogP contribution in [0.5, 0.6) is 0 Å². The van der Waals surface area contributed by atoms with Crippen LogP contribution in [0, 0.1) is 0 Å². The molecule has 0 saturated carbocycles. The molecule has 0 unspecified atom stereocenters. The lowest BCUT2D eigenvalue weighted by molar-refractivity contribution is -0.0672. The molecule has 2 atom stereocenters. The topological polar surface area (TPSA) is 147 Å². The lowest BCUT2D eigenvalue weighted by Crippen LogP contribution is -2.47. The van der Waals surface area contributed by atoms with E-state index in [1.807, 2.05) is 43.3 Å². The minimum atomic E-state index is -0.329. The number of carbonyl (C=O) groups excluding carboxylic acids is 2. The van der Waals surface area contributed by atoms with Gasteiger partial charge in [-0.3, -0.25) is 9.69 Å². The molecule has 1 aliphatic rings. The fourth-order valence-electron chi connectivity index (χ4n) is 4.62. The fraction of sp³-hybridized carbons (Fsp3) is 0.379. The molecule has 1 fully saturated rings. The summed E-state index contributed by atoms with van der Waals surface area (Å²) in [4.78, 5) is 36.3. The zero-order chi connectivity index (χ0) is 28.5. The SMILES string of the molecule is CCNc1nc(-c2ccc(NC(=O)NCc3ccc(N)nc3)cc2)ccc1C(=O)NCCN1C[C@@H](C)O[C@@H](C)C1. The first-order chi connectivity index (χ1) is 19.3. The molecule has 0 spiro atoms. The highest BCUT2D eigenvalue weighted by molar-refractivity contribution is 5.99. The number of nitrogen functional groups attached to an aromatic ring is 1. The van der Waals surface area contributed by atoms with Crippen molar-refractivity contribution in [2.24, 2.45) is 0 Å². The highest BCUT2D eigenvalue weighted by atomic mass is 16.5. The van der Waals surface area contributed by atoms with Gasteiger partial charge < -0.3 is 31.7 Å². The Kier molecular flexibility index (Phi) is 9.87. The van der Waals surface area contributed by atoms with Gasteiger partial charge in [0.2, 0.25) is 0 Å². The molecule has 1 saturated heterocycles. The first-order valence-corrected chi connectivity index (χ1v) is 13.6. The van der Waals surface area contributed by atoms with E-state index in [-0.39, 0.29) is 24.1 Å². The molecule has 0 radical (unpaired) electrons. The van der Waals surface area contributed by atoms with Crippen LogP contribution in [0.3, 0.4) is 0 Å². The van der Waals surface area contributed by atoms with Crippen LogP contribution < -0.4 is 27.0 Å². The second-order valence-corrected chi connectivity index (χ2v) is 9.87. The highest BCUT2D eigenvalue weighted by Gasteiger charge is 2.22. The van der Waals surface area contributed by atoms with Crippen LogP contribution in [0.2, 0.25) is 0 Å². The minimum Gasteiger partial charge on any atom is -0.384 e. The van der Waals surface area contributed by atoms with Gasteiger partial charge >= 0.3 is 6.03 Å². The van der Waals surface area contributed by atoms with E-state index >= 15 is 0 Å². The van der Waals surface area contributed by atoms with Crippen LogP contribution in [-0.2, 0) is 11.3 Å². The lowest BCUT2D eigenvalue weighted by atomic mass is 10.1. The molecule has 3 aromatic rings. The number of morpholine rings is 1. The summed E-state index contributed by atoms with van der Waals surface area (Å²) in [7, 11) is 0. The Bertz CT molecular complexity index is 1270. The van der Waals surface area contributed by atoms with Crippen molar-refractivity contribution in [3.63, 3.8) is 0 Å². The molecule has 0 bridgehead atoms. The van der Waals surface area contributed by atoms with Gasteiger partial charge in [0.1, 0.15) is 11.6 Å². The van der Waals surface area contributed by atoms with Crippen LogP contribution in [0.25, 0.3) is 11.3 Å². The second-order valence-electron chi connectivity index (χ2n) is 9.87. The van der Waals surface area contributed by atoms with E-state index in [4.69, 9.17) is 15.5 Å². The van der Waals surface area contributed by atoms with Gasteiger partial charge in [-0.2, -0.15) is 0 Å². The van der Waals surface area contributed by atoms with E-state index < -0.39 is 0 Å². The van der Waals surface area contributed by atoms with Crippen molar-refractivity contribution >= 4 is 29.3 Å². The molecule has 3 amide bonds. The van der Waals surface area contributed by atoms with Crippen molar-refractivity contribution in [2.75, 3.05) is 49.1 Å². The van der Waals surface area contributed by atoms with E-state index in [1.54, 1.807) is 18.3 Å². The summed E-state index contributed by atoms with van der Waals surface area (Å²) in [5.41, 5.74) is 9.16. The molecular formula is C29H38N8O3. The summed E-state index contributed by atoms with van der Waals surface area (Å²) in [5.74, 6) is 0.803. The molecule has 4 rings (SSSR count). The Labute approximate surface area is 234 Å². The van der Waals surface area contributed by atoms with Crippen LogP contribution in [0.1, 0.15) is 36.7 Å². The molecule has 1 aromatic carbocycles. The van der Waals surface area contributed by atoms with Crippen LogP contribution in [-0.4, -0.2) is 71.7 Å². The molecule has 1 aliphatic heterocycles. The summed E-state index contributed by atoms with van der Waals surface area (Å²) in [6.07, 6.45) is 2.01. The van der Waals surface area contributed by atoms with Crippen LogP contribution >= 0.6 is 0 Å². The number of anilines is 3. The van der Waals surface area contributed by atoms with Crippen molar-refractivity contribution in [1.82, 2.24) is 25.5 Å². The Balaban J connectivity index is 1.33. The zero-order valence-corrected chi connectivity index (χ0v) is 23.2. The predicted octanol–water partition coefficient (Wildman–Crippen LogP) is 3.32. The number of carbonyl (C=O) groups is 2. The van der Waals surface area contributed by atoms with Crippen molar-refractivity contribution in [1.29, 1.82) is 0 Å². The summed E-state index contributed by atoms with van der Waals surface area (Å²) in [5, 5.41) is 11.8. The first kappa shape index (κ1) is 28.8. The molecular weight excluding hydrogens is 508 g/mol. The van der Waals surface area contributed by atoms with Crippen molar-refractivity contribution in [2.45, 2.75) is 39.5 Å². The Morgan fingerprint density at radius 1 is 1.02 bits per heavy atom. The number of aromatic nitrogens is 2. The molecule has 0 aliphatic carbocycles. The van der Waals surface area contributed by atoms with Crippen LogP contribution in [0.15, 0.2) is 54.7 Å². The van der Waals surface area contributed by atoms with Gasteiger partial charge in [-0.25, -0.2) is 14.8 Å². The number of benzene rings is 1. The van der Waals surface area contributed by atoms with Crippen LogP contribution in [0.4, 0.5) is 22.1 Å². The number of nitrogens with one attached hydrogen (secondary N) is 4. The minimum absolute atomic E-state index is 0.162. The number of nitrogens with two attached hydrogens (primary N) is 1. The van der Waals surface area contributed by atoms with Gasteiger partial charge in [-0.1, -0.05) is 18.2 Å². The standard InChI is InChI=1S/C29H38N8O3/c1-4-31-27-24(28(38)32-13-14-37-17-19(2)40-20(3)18-37)10-11-25(36-27)22-6-8-23(9-7-22)35-29(39)34-16-21-5-12-26(30)33-15-21/h5-12,15,19-20H,4,13-14,16-18H2,1-3H3,(H2,30,33)(H,31,36)(H,32,38)(H2,34,35,39)/t19-,20+. The summed E-state index contributed by atoms with van der Waals surface area (Å²) in [6.45, 7) is 10.1. The average Bonchev–Trinajstić information content (AvgIpc) is 2.93. The van der Waals surface area contributed by atoms with E-state index in [9.17, 15) is 9.59 Å². The fourth-order valence-corrected chi connectivity index (χ4v) is 4.62. The first-order valence-electron chi connectivity index (χ1n) is 13.6. The lowest BCUT2D eigenvalue weighted by Gasteiger charge is -2.35. The zero-order valence-electron chi connectivity index (χ0n) is 23.2. The Morgan fingerprint density at radius 3 is 2.45 bits per heavy atom. The van der Waals surface area contributed by atoms with Gasteiger partial charge in [0, 0.05) is 56.7 Å². The Hall–Kier alpha value is -4.22. The third kappa shape index (κ3) is 8.14. The third-order valence-electron chi connectivity index (χ3n) is 6.43. The molecule has 40 heavy (non-hydrogen) atoms. The van der Waals surface area contributed by atoms with Crippen molar-refractivity contribution in [3.05, 3.63) is 65.9 Å². The normalized spacial score (nSPS) is 17.2. The smallest absolute Gasteiger partial charge is 0.319 e. The monoisotopic (exact) mass is 546 g/mol. The maximum atomic E-state index is 13.0. The number of urea groups is 1. The second kappa shape index (κ2) is 13.7. The average molecular weight is 547 g/mol. The summed E-state index contributed by atoms with van der Waals surface area (Å²) in [6, 6.07) is 14.2. The molecule has 6 N–H and O–H groups in total. The maximum Gasteiger partial charge on any atom is 0.319 e. The molecule has 11 heteroatoms. The van der Waals surface area contributed by atoms with E-state index in [1.165, 1.54) is 0 Å². The van der Waals surface area contributed by atoms with Gasteiger partial charge in [0.15, 0.2) is 0 Å². The predicted molar refractivity (Wildman–Crippen MR) is 157 cm³/mol. The maximum absolute atomic E-state index is 13.0. The number of pyridine rings is 2. The molecule has 2 aromatic heterocycles. The summed E-state index contributed by atoms with van der Waals surface area (Å²) < 4.78 is 5.78. The number of hydrogen-bond donors (Lipinski definition) is 5. The van der Waals surface area contributed by atoms with Gasteiger partial charge in [0.25, 0.3) is 5.91 Å². The van der Waals surface area contributed by atoms with Gasteiger partial charge in [-0.05, 0) is 56.7 Å². The highest BCUT2D eigenvalue weighted by Crippen LogP contribution is 2.24. The number of nitrogens with zero attached hydrogens (tertiary/aromatic N) is 3. The number of amides is 3. The number of hydrogen-bond acceptors (Lipinski definition) is 8. The molecule has 212 valence electrons. The number of rotatable bonds is 10. The Morgan fingerprint density at radius 2 is 1.77 bits per heavy atom. The van der Waals surface area contributed by atoms with Gasteiger partial charge in [0.05, 0.1) is 23.5 Å². The largest absolute Gasteiger partial charge is 0.384 e. The van der Waals surface area contributed by atoms with Crippen molar-refractivity contribution < 1.29 is 14.3 Å². The van der Waals surface area contributed by atoms with Gasteiger partial charge in [-0.15, -0.1) is 0 Å². The van der Waals surface area contributed by atoms with E-state index in [0.29, 0.717) is 42.5 Å². The molecule has 11 nitrogen and oxygen atoms in total. The summed E-state index contributed by atoms with van der Waals surface area (Å²) >= 11 is 0. The van der Waals surface area contributed by atoms with E-state index in [2.05, 4.69) is 45.0 Å².